The van der Waals surface area contributed by atoms with Gasteiger partial charge < -0.3 is 19.7 Å². The summed E-state index contributed by atoms with van der Waals surface area (Å²) in [4.78, 5) is 28.0. The van der Waals surface area contributed by atoms with E-state index in [0.29, 0.717) is 35.2 Å². The van der Waals surface area contributed by atoms with Crippen molar-refractivity contribution in [2.75, 3.05) is 20.8 Å². The number of rotatable bonds is 10. The highest BCUT2D eigenvalue weighted by Gasteiger charge is 2.23. The van der Waals surface area contributed by atoms with Crippen LogP contribution in [-0.2, 0) is 11.3 Å². The standard InChI is InChI=1S/C27H29ClN2O4/c1-4-30(18-19-14-15-24(33-2)25(16-19)34-3)26(31)17-23(20-10-6-5-7-11-20)29-27(32)21-12-8-9-13-22(21)28/h5-16,23H,4,17-18H2,1-3H3,(H,29,32). The highest BCUT2D eigenvalue weighted by molar-refractivity contribution is 6.33. The van der Waals surface area contributed by atoms with Crippen molar-refractivity contribution in [1.82, 2.24) is 10.2 Å². The van der Waals surface area contributed by atoms with E-state index in [9.17, 15) is 9.59 Å². The molecule has 0 aliphatic heterocycles. The van der Waals surface area contributed by atoms with Gasteiger partial charge in [0.1, 0.15) is 0 Å². The number of benzene rings is 3. The van der Waals surface area contributed by atoms with Crippen LogP contribution in [0.15, 0.2) is 72.8 Å². The highest BCUT2D eigenvalue weighted by atomic mass is 35.5. The molecule has 34 heavy (non-hydrogen) atoms. The second-order valence-electron chi connectivity index (χ2n) is 7.72. The Morgan fingerprint density at radius 1 is 0.941 bits per heavy atom. The molecule has 2 amide bonds. The van der Waals surface area contributed by atoms with Gasteiger partial charge >= 0.3 is 0 Å². The Labute approximate surface area is 205 Å². The molecule has 3 aromatic carbocycles. The van der Waals surface area contributed by atoms with Crippen molar-refractivity contribution in [3.8, 4) is 11.5 Å². The summed E-state index contributed by atoms with van der Waals surface area (Å²) < 4.78 is 10.7. The molecule has 3 rings (SSSR count). The second-order valence-corrected chi connectivity index (χ2v) is 8.13. The summed E-state index contributed by atoms with van der Waals surface area (Å²) in [5.41, 5.74) is 2.14. The van der Waals surface area contributed by atoms with Crippen LogP contribution in [0.3, 0.4) is 0 Å². The zero-order valence-electron chi connectivity index (χ0n) is 19.6. The number of halogens is 1. The molecule has 178 valence electrons. The molecule has 1 N–H and O–H groups in total. The van der Waals surface area contributed by atoms with Gasteiger partial charge in [-0.2, -0.15) is 0 Å². The third kappa shape index (κ3) is 6.29. The average Bonchev–Trinajstić information content (AvgIpc) is 2.87. The van der Waals surface area contributed by atoms with Gasteiger partial charge in [-0.15, -0.1) is 0 Å². The predicted octanol–water partition coefficient (Wildman–Crippen LogP) is 5.27. The highest BCUT2D eigenvalue weighted by Crippen LogP contribution is 2.28. The SMILES string of the molecule is CCN(Cc1ccc(OC)c(OC)c1)C(=O)CC(NC(=O)c1ccccc1Cl)c1ccccc1. The van der Waals surface area contributed by atoms with Crippen LogP contribution in [0.4, 0.5) is 0 Å². The van der Waals surface area contributed by atoms with Gasteiger partial charge in [0.05, 0.1) is 37.3 Å². The quantitative estimate of drug-likeness (QED) is 0.429. The fourth-order valence-corrected chi connectivity index (χ4v) is 3.92. The lowest BCUT2D eigenvalue weighted by Gasteiger charge is -2.25. The summed E-state index contributed by atoms with van der Waals surface area (Å²) in [5, 5.41) is 3.35. The van der Waals surface area contributed by atoms with Crippen LogP contribution >= 0.6 is 11.6 Å². The lowest BCUT2D eigenvalue weighted by molar-refractivity contribution is -0.132. The van der Waals surface area contributed by atoms with Gasteiger partial charge in [0, 0.05) is 13.1 Å². The van der Waals surface area contributed by atoms with Crippen LogP contribution in [0.1, 0.15) is 40.9 Å². The maximum Gasteiger partial charge on any atom is 0.253 e. The van der Waals surface area contributed by atoms with E-state index in [4.69, 9.17) is 21.1 Å². The molecule has 1 unspecified atom stereocenters. The molecule has 0 fully saturated rings. The third-order valence-corrected chi connectivity index (χ3v) is 5.89. The van der Waals surface area contributed by atoms with Crippen molar-refractivity contribution in [3.05, 3.63) is 94.5 Å². The Bertz CT molecular complexity index is 1120. The number of nitrogens with zero attached hydrogens (tertiary/aromatic N) is 1. The maximum atomic E-state index is 13.3. The van der Waals surface area contributed by atoms with Crippen LogP contribution in [0.25, 0.3) is 0 Å². The summed E-state index contributed by atoms with van der Waals surface area (Å²) in [6, 6.07) is 21.4. The zero-order valence-corrected chi connectivity index (χ0v) is 20.3. The molecular weight excluding hydrogens is 452 g/mol. The van der Waals surface area contributed by atoms with Crippen molar-refractivity contribution < 1.29 is 19.1 Å². The van der Waals surface area contributed by atoms with Gasteiger partial charge in [0.25, 0.3) is 5.91 Å². The smallest absolute Gasteiger partial charge is 0.253 e. The summed E-state index contributed by atoms with van der Waals surface area (Å²) in [7, 11) is 3.16. The van der Waals surface area contributed by atoms with Crippen LogP contribution in [0.2, 0.25) is 5.02 Å². The average molecular weight is 481 g/mol. The van der Waals surface area contributed by atoms with E-state index in [-0.39, 0.29) is 18.2 Å². The summed E-state index contributed by atoms with van der Waals surface area (Å²) in [5.74, 6) is 0.838. The van der Waals surface area contributed by atoms with Crippen molar-refractivity contribution in [3.63, 3.8) is 0 Å². The molecule has 0 spiro atoms. The molecule has 0 heterocycles. The molecule has 0 saturated carbocycles. The largest absolute Gasteiger partial charge is 0.493 e. The van der Waals surface area contributed by atoms with Crippen molar-refractivity contribution >= 4 is 23.4 Å². The number of carbonyl (C=O) groups is 2. The molecular formula is C27H29ClN2O4. The maximum absolute atomic E-state index is 13.3. The fraction of sp³-hybridized carbons (Fsp3) is 0.259. The number of amides is 2. The lowest BCUT2D eigenvalue weighted by atomic mass is 10.0. The van der Waals surface area contributed by atoms with Crippen LogP contribution in [-0.4, -0.2) is 37.5 Å². The Kier molecular flexibility index (Phi) is 8.93. The molecule has 1 atom stereocenters. The molecule has 6 nitrogen and oxygen atoms in total. The molecule has 0 aliphatic rings. The van der Waals surface area contributed by atoms with Gasteiger partial charge in [-0.1, -0.05) is 60.1 Å². The van der Waals surface area contributed by atoms with Crippen molar-refractivity contribution in [2.24, 2.45) is 0 Å². The van der Waals surface area contributed by atoms with E-state index in [2.05, 4.69) is 5.32 Å². The Hall–Kier alpha value is -3.51. The molecule has 0 radical (unpaired) electrons. The normalized spacial score (nSPS) is 11.4. The first kappa shape index (κ1) is 25.1. The van der Waals surface area contributed by atoms with Crippen LogP contribution in [0, 0.1) is 0 Å². The van der Waals surface area contributed by atoms with Gasteiger partial charge in [-0.3, -0.25) is 9.59 Å². The van der Waals surface area contributed by atoms with E-state index in [1.54, 1.807) is 43.4 Å². The number of ether oxygens (including phenoxy) is 2. The summed E-state index contributed by atoms with van der Waals surface area (Å²) in [6.45, 7) is 2.86. The Morgan fingerprint density at radius 2 is 1.62 bits per heavy atom. The van der Waals surface area contributed by atoms with Crippen LogP contribution in [0.5, 0.6) is 11.5 Å². The van der Waals surface area contributed by atoms with Crippen LogP contribution < -0.4 is 14.8 Å². The monoisotopic (exact) mass is 480 g/mol. The minimum Gasteiger partial charge on any atom is -0.493 e. The first-order valence-electron chi connectivity index (χ1n) is 11.1. The second kappa shape index (κ2) is 12.1. The van der Waals surface area contributed by atoms with Crippen molar-refractivity contribution in [2.45, 2.75) is 25.9 Å². The van der Waals surface area contributed by atoms with Gasteiger partial charge in [-0.05, 0) is 42.3 Å². The Morgan fingerprint density at radius 3 is 2.26 bits per heavy atom. The van der Waals surface area contributed by atoms with E-state index in [1.807, 2.05) is 55.5 Å². The van der Waals surface area contributed by atoms with E-state index < -0.39 is 6.04 Å². The van der Waals surface area contributed by atoms with E-state index in [0.717, 1.165) is 11.1 Å². The predicted molar refractivity (Wildman–Crippen MR) is 133 cm³/mol. The zero-order chi connectivity index (χ0) is 24.5. The van der Waals surface area contributed by atoms with Gasteiger partial charge in [-0.25, -0.2) is 0 Å². The number of carbonyl (C=O) groups excluding carboxylic acids is 2. The molecule has 0 saturated heterocycles. The molecule has 7 heteroatoms. The van der Waals surface area contributed by atoms with Gasteiger partial charge in [0.2, 0.25) is 5.91 Å². The lowest BCUT2D eigenvalue weighted by Crippen LogP contribution is -2.36. The first-order chi connectivity index (χ1) is 16.5. The number of hydrogen-bond acceptors (Lipinski definition) is 4. The minimum atomic E-state index is -0.503. The number of methoxy groups -OCH3 is 2. The minimum absolute atomic E-state index is 0.0782. The van der Waals surface area contributed by atoms with Gasteiger partial charge in [0.15, 0.2) is 11.5 Å². The summed E-state index contributed by atoms with van der Waals surface area (Å²) in [6.07, 6.45) is 0.112. The molecule has 0 aliphatic carbocycles. The summed E-state index contributed by atoms with van der Waals surface area (Å²) >= 11 is 6.21. The molecule has 3 aromatic rings. The number of hydrogen-bond donors (Lipinski definition) is 1. The number of nitrogens with one attached hydrogen (secondary N) is 1. The van der Waals surface area contributed by atoms with Crippen molar-refractivity contribution in [1.29, 1.82) is 0 Å². The molecule has 0 bridgehead atoms. The topological polar surface area (TPSA) is 67.9 Å². The first-order valence-corrected chi connectivity index (χ1v) is 11.4. The fourth-order valence-electron chi connectivity index (χ4n) is 3.70. The third-order valence-electron chi connectivity index (χ3n) is 5.56. The van der Waals surface area contributed by atoms with E-state index >= 15 is 0 Å². The molecule has 0 aromatic heterocycles. The Balaban J connectivity index is 1.78. The van der Waals surface area contributed by atoms with E-state index in [1.165, 1.54) is 0 Å².